The maximum atomic E-state index is 8.88. The average Bonchev–Trinajstić information content (AvgIpc) is 2.04. The SMILES string of the molecule is Oc1ccc(C=CCS)nc1. The molecule has 1 aromatic rings. The molecular weight excluding hydrogens is 158 g/mol. The third-order valence-corrected chi connectivity index (χ3v) is 1.38. The lowest BCUT2D eigenvalue weighted by Crippen LogP contribution is -1.77. The fourth-order valence-corrected chi connectivity index (χ4v) is 0.775. The van der Waals surface area contributed by atoms with Crippen LogP contribution in [0.2, 0.25) is 0 Å². The van der Waals surface area contributed by atoms with Crippen molar-refractivity contribution in [3.05, 3.63) is 30.1 Å². The molecule has 2 nitrogen and oxygen atoms in total. The van der Waals surface area contributed by atoms with Gasteiger partial charge in [-0.25, -0.2) is 0 Å². The predicted molar refractivity (Wildman–Crippen MR) is 48.8 cm³/mol. The van der Waals surface area contributed by atoms with Gasteiger partial charge in [0.2, 0.25) is 0 Å². The van der Waals surface area contributed by atoms with Crippen molar-refractivity contribution in [1.82, 2.24) is 4.98 Å². The van der Waals surface area contributed by atoms with Crippen LogP contribution in [-0.2, 0) is 0 Å². The van der Waals surface area contributed by atoms with Crippen LogP contribution in [0.1, 0.15) is 5.69 Å². The molecule has 11 heavy (non-hydrogen) atoms. The molecular formula is C8H9NOS. The van der Waals surface area contributed by atoms with Gasteiger partial charge in [-0.05, 0) is 18.2 Å². The summed E-state index contributed by atoms with van der Waals surface area (Å²) in [5.74, 6) is 0.885. The van der Waals surface area contributed by atoms with Crippen LogP contribution in [0.4, 0.5) is 0 Å². The highest BCUT2D eigenvalue weighted by Crippen LogP contribution is 2.06. The summed E-state index contributed by atoms with van der Waals surface area (Å²) in [6.45, 7) is 0. The first kappa shape index (κ1) is 8.14. The lowest BCUT2D eigenvalue weighted by molar-refractivity contribution is 0.472. The maximum absolute atomic E-state index is 8.88. The standard InChI is InChI=1S/C8H9NOS/c10-8-4-3-7(9-6-8)2-1-5-11/h1-4,6,10-11H,5H2. The minimum absolute atomic E-state index is 0.188. The van der Waals surface area contributed by atoms with Gasteiger partial charge in [0.25, 0.3) is 0 Å². The van der Waals surface area contributed by atoms with Crippen molar-refractivity contribution in [2.75, 3.05) is 5.75 Å². The molecule has 0 amide bonds. The van der Waals surface area contributed by atoms with E-state index in [2.05, 4.69) is 17.6 Å². The second-order valence-corrected chi connectivity index (χ2v) is 2.39. The zero-order valence-corrected chi connectivity index (χ0v) is 6.83. The van der Waals surface area contributed by atoms with Crippen LogP contribution >= 0.6 is 12.6 Å². The van der Waals surface area contributed by atoms with E-state index in [-0.39, 0.29) is 5.75 Å². The second kappa shape index (κ2) is 4.03. The minimum Gasteiger partial charge on any atom is -0.506 e. The van der Waals surface area contributed by atoms with Crippen molar-refractivity contribution in [2.45, 2.75) is 0 Å². The summed E-state index contributed by atoms with van der Waals surface area (Å²) < 4.78 is 0. The fraction of sp³-hybridized carbons (Fsp3) is 0.125. The van der Waals surface area contributed by atoms with Crippen LogP contribution in [-0.4, -0.2) is 15.8 Å². The number of aromatic nitrogens is 1. The van der Waals surface area contributed by atoms with E-state index >= 15 is 0 Å². The Morgan fingerprint density at radius 3 is 2.91 bits per heavy atom. The molecule has 3 heteroatoms. The van der Waals surface area contributed by atoms with Gasteiger partial charge in [0.05, 0.1) is 11.9 Å². The minimum atomic E-state index is 0.188. The first-order chi connectivity index (χ1) is 5.33. The molecule has 0 bridgehead atoms. The van der Waals surface area contributed by atoms with Crippen LogP contribution in [0.25, 0.3) is 6.08 Å². The summed E-state index contributed by atoms with van der Waals surface area (Å²) in [7, 11) is 0. The topological polar surface area (TPSA) is 33.1 Å². The molecule has 58 valence electrons. The molecule has 1 N–H and O–H groups in total. The van der Waals surface area contributed by atoms with E-state index in [1.165, 1.54) is 6.20 Å². The quantitative estimate of drug-likeness (QED) is 0.658. The molecule has 0 spiro atoms. The van der Waals surface area contributed by atoms with Gasteiger partial charge in [-0.1, -0.05) is 6.08 Å². The third kappa shape index (κ3) is 2.63. The molecule has 0 unspecified atom stereocenters. The fourth-order valence-electron chi connectivity index (χ4n) is 0.670. The highest BCUT2D eigenvalue weighted by Gasteiger charge is 1.87. The number of hydrogen-bond acceptors (Lipinski definition) is 3. The summed E-state index contributed by atoms with van der Waals surface area (Å²) >= 11 is 4.01. The van der Waals surface area contributed by atoms with E-state index in [1.807, 2.05) is 12.2 Å². The highest BCUT2D eigenvalue weighted by molar-refractivity contribution is 7.80. The zero-order valence-electron chi connectivity index (χ0n) is 5.94. The Bertz CT molecular complexity index is 243. The summed E-state index contributed by atoms with van der Waals surface area (Å²) in [4.78, 5) is 3.95. The van der Waals surface area contributed by atoms with Crippen LogP contribution < -0.4 is 0 Å². The molecule has 1 aromatic heterocycles. The zero-order chi connectivity index (χ0) is 8.10. The van der Waals surface area contributed by atoms with E-state index in [4.69, 9.17) is 5.11 Å². The highest BCUT2D eigenvalue weighted by atomic mass is 32.1. The number of pyridine rings is 1. The summed E-state index contributed by atoms with van der Waals surface area (Å²) in [5, 5.41) is 8.88. The van der Waals surface area contributed by atoms with Crippen LogP contribution in [0.3, 0.4) is 0 Å². The van der Waals surface area contributed by atoms with Gasteiger partial charge < -0.3 is 5.11 Å². The van der Waals surface area contributed by atoms with Crippen molar-refractivity contribution in [2.24, 2.45) is 0 Å². The van der Waals surface area contributed by atoms with Gasteiger partial charge in [0, 0.05) is 5.75 Å². The molecule has 0 aliphatic heterocycles. The van der Waals surface area contributed by atoms with Crippen molar-refractivity contribution >= 4 is 18.7 Å². The van der Waals surface area contributed by atoms with E-state index < -0.39 is 0 Å². The van der Waals surface area contributed by atoms with Crippen molar-refractivity contribution in [1.29, 1.82) is 0 Å². The molecule has 0 aromatic carbocycles. The molecule has 0 aliphatic carbocycles. The summed E-state index contributed by atoms with van der Waals surface area (Å²) in [6, 6.07) is 3.35. The molecule has 0 aliphatic rings. The lowest BCUT2D eigenvalue weighted by atomic mass is 10.3. The van der Waals surface area contributed by atoms with E-state index in [1.54, 1.807) is 12.1 Å². The molecule has 1 heterocycles. The van der Waals surface area contributed by atoms with Gasteiger partial charge >= 0.3 is 0 Å². The summed E-state index contributed by atoms with van der Waals surface area (Å²) in [5.41, 5.74) is 0.830. The third-order valence-electron chi connectivity index (χ3n) is 1.16. The maximum Gasteiger partial charge on any atom is 0.133 e. The molecule has 1 rings (SSSR count). The normalized spacial score (nSPS) is 10.6. The Balaban J connectivity index is 2.73. The monoisotopic (exact) mass is 167 g/mol. The molecule has 0 radical (unpaired) electrons. The smallest absolute Gasteiger partial charge is 0.133 e. The van der Waals surface area contributed by atoms with Crippen molar-refractivity contribution in [3.8, 4) is 5.75 Å². The average molecular weight is 167 g/mol. The Labute approximate surface area is 71.0 Å². The van der Waals surface area contributed by atoms with Crippen molar-refractivity contribution < 1.29 is 5.11 Å². The van der Waals surface area contributed by atoms with Gasteiger partial charge in [0.15, 0.2) is 0 Å². The largest absolute Gasteiger partial charge is 0.506 e. The number of nitrogens with zero attached hydrogens (tertiary/aromatic N) is 1. The molecule has 0 atom stereocenters. The van der Waals surface area contributed by atoms with Gasteiger partial charge in [-0.15, -0.1) is 0 Å². The lowest BCUT2D eigenvalue weighted by Gasteiger charge is -1.91. The van der Waals surface area contributed by atoms with E-state index in [0.717, 1.165) is 5.69 Å². The van der Waals surface area contributed by atoms with Gasteiger partial charge in [-0.3, -0.25) is 4.98 Å². The molecule has 0 saturated heterocycles. The van der Waals surface area contributed by atoms with Crippen LogP contribution in [0, 0.1) is 0 Å². The van der Waals surface area contributed by atoms with Crippen molar-refractivity contribution in [3.63, 3.8) is 0 Å². The van der Waals surface area contributed by atoms with E-state index in [9.17, 15) is 0 Å². The molecule has 0 fully saturated rings. The first-order valence-electron chi connectivity index (χ1n) is 3.25. The van der Waals surface area contributed by atoms with Crippen LogP contribution in [0.15, 0.2) is 24.4 Å². The number of thiol groups is 1. The van der Waals surface area contributed by atoms with Gasteiger partial charge in [-0.2, -0.15) is 12.6 Å². The number of hydrogen-bond donors (Lipinski definition) is 2. The summed E-state index contributed by atoms with van der Waals surface area (Å²) in [6.07, 6.45) is 5.16. The number of rotatable bonds is 2. The number of aromatic hydroxyl groups is 1. The van der Waals surface area contributed by atoms with Crippen LogP contribution in [0.5, 0.6) is 5.75 Å². The second-order valence-electron chi connectivity index (χ2n) is 2.03. The van der Waals surface area contributed by atoms with E-state index in [0.29, 0.717) is 5.75 Å². The first-order valence-corrected chi connectivity index (χ1v) is 3.88. The Kier molecular flexibility index (Phi) is 2.98. The molecule has 0 saturated carbocycles. The Morgan fingerprint density at radius 1 is 1.55 bits per heavy atom. The Morgan fingerprint density at radius 2 is 2.36 bits per heavy atom. The van der Waals surface area contributed by atoms with Gasteiger partial charge in [0.1, 0.15) is 5.75 Å². The Hall–Kier alpha value is -0.960. The predicted octanol–water partition coefficient (Wildman–Crippen LogP) is 1.73.